The molecule has 2 nitrogen and oxygen atoms in total. The van der Waals surface area contributed by atoms with Gasteiger partial charge in [0.15, 0.2) is 9.84 Å². The zero-order chi connectivity index (χ0) is 9.12. The Labute approximate surface area is 69.9 Å². The quantitative estimate of drug-likeness (QED) is 0.660. The second-order valence-electron chi connectivity index (χ2n) is 3.02. The fourth-order valence-corrected chi connectivity index (χ4v) is 3.11. The van der Waals surface area contributed by atoms with E-state index in [0.29, 0.717) is 0 Å². The predicted octanol–water partition coefficient (Wildman–Crippen LogP) is 2.00. The molecule has 0 radical (unpaired) electrons. The second-order valence-corrected chi connectivity index (χ2v) is 5.43. The van der Waals surface area contributed by atoms with Crippen LogP contribution in [0, 0.1) is 0 Å². The van der Waals surface area contributed by atoms with E-state index in [-0.39, 0.29) is 0 Å². The van der Waals surface area contributed by atoms with Gasteiger partial charge in [0.2, 0.25) is 0 Å². The van der Waals surface area contributed by atoms with Crippen molar-refractivity contribution in [3.05, 3.63) is 0 Å². The van der Waals surface area contributed by atoms with Gasteiger partial charge in [0.05, 0.1) is 4.75 Å². The third-order valence-corrected chi connectivity index (χ3v) is 5.16. The molecule has 0 aromatic rings. The highest BCUT2D eigenvalue weighted by Gasteiger charge is 2.34. The topological polar surface area (TPSA) is 34.1 Å². The van der Waals surface area contributed by atoms with Gasteiger partial charge >= 0.3 is 0 Å². The van der Waals surface area contributed by atoms with E-state index in [4.69, 9.17) is 0 Å². The van der Waals surface area contributed by atoms with Crippen molar-refractivity contribution in [3.8, 4) is 0 Å². The third kappa shape index (κ3) is 1.95. The molecule has 0 bridgehead atoms. The SMILES string of the molecule is CCC(CC)(CC)S(C)(=O)=O. The molecule has 0 unspecified atom stereocenters. The second kappa shape index (κ2) is 3.57. The van der Waals surface area contributed by atoms with Crippen molar-refractivity contribution < 1.29 is 8.42 Å². The molecule has 0 aromatic carbocycles. The Morgan fingerprint density at radius 2 is 1.27 bits per heavy atom. The van der Waals surface area contributed by atoms with Crippen LogP contribution in [-0.4, -0.2) is 19.4 Å². The average Bonchev–Trinajstić information content (AvgIpc) is 1.90. The summed E-state index contributed by atoms with van der Waals surface area (Å²) in [7, 11) is -2.88. The first-order chi connectivity index (χ1) is 4.93. The van der Waals surface area contributed by atoms with E-state index >= 15 is 0 Å². The first kappa shape index (κ1) is 11.0. The van der Waals surface area contributed by atoms with Gasteiger partial charge in [0.1, 0.15) is 0 Å². The zero-order valence-corrected chi connectivity index (χ0v) is 8.66. The molecule has 0 aliphatic carbocycles. The van der Waals surface area contributed by atoms with Crippen molar-refractivity contribution >= 4 is 9.84 Å². The summed E-state index contributed by atoms with van der Waals surface area (Å²) < 4.78 is 22.2. The van der Waals surface area contributed by atoms with Gasteiger partial charge in [-0.05, 0) is 19.3 Å². The van der Waals surface area contributed by atoms with Crippen LogP contribution in [0.15, 0.2) is 0 Å². The molecule has 68 valence electrons. The normalized spacial score (nSPS) is 13.5. The number of sulfone groups is 1. The van der Waals surface area contributed by atoms with E-state index in [1.165, 1.54) is 6.26 Å². The van der Waals surface area contributed by atoms with Gasteiger partial charge in [-0.1, -0.05) is 20.8 Å². The number of hydrogen-bond donors (Lipinski definition) is 0. The van der Waals surface area contributed by atoms with Gasteiger partial charge in [-0.25, -0.2) is 8.42 Å². The molecule has 0 aromatic heterocycles. The van der Waals surface area contributed by atoms with Crippen LogP contribution in [0.5, 0.6) is 0 Å². The molecule has 0 aliphatic rings. The van der Waals surface area contributed by atoms with E-state index in [9.17, 15) is 8.42 Å². The van der Waals surface area contributed by atoms with Gasteiger partial charge in [-0.15, -0.1) is 0 Å². The third-order valence-electron chi connectivity index (χ3n) is 2.72. The van der Waals surface area contributed by atoms with Crippen LogP contribution in [0.1, 0.15) is 40.0 Å². The Hall–Kier alpha value is -0.0500. The molecule has 0 N–H and O–H groups in total. The molecule has 3 heteroatoms. The maximum Gasteiger partial charge on any atom is 0.153 e. The first-order valence-electron chi connectivity index (χ1n) is 4.13. The van der Waals surface area contributed by atoms with Crippen molar-refractivity contribution in [3.63, 3.8) is 0 Å². The lowest BCUT2D eigenvalue weighted by Gasteiger charge is -2.27. The summed E-state index contributed by atoms with van der Waals surface area (Å²) in [6, 6.07) is 0. The average molecular weight is 178 g/mol. The summed E-state index contributed by atoms with van der Waals surface area (Å²) in [6.45, 7) is 5.82. The van der Waals surface area contributed by atoms with Crippen LogP contribution in [0.25, 0.3) is 0 Å². The van der Waals surface area contributed by atoms with E-state index in [2.05, 4.69) is 0 Å². The van der Waals surface area contributed by atoms with Crippen LogP contribution in [0.2, 0.25) is 0 Å². The molecule has 0 saturated carbocycles. The van der Waals surface area contributed by atoms with E-state index < -0.39 is 14.6 Å². The Morgan fingerprint density at radius 3 is 1.27 bits per heavy atom. The molecule has 0 amide bonds. The summed E-state index contributed by atoms with van der Waals surface area (Å²) in [5.41, 5.74) is 0. The highest BCUT2D eigenvalue weighted by atomic mass is 32.2. The van der Waals surface area contributed by atoms with Gasteiger partial charge < -0.3 is 0 Å². The van der Waals surface area contributed by atoms with E-state index in [1.54, 1.807) is 0 Å². The standard InChI is InChI=1S/C8H18O2S/c1-5-8(6-2,7-3)11(4,9)10/h5-7H2,1-4H3. The fraction of sp³-hybridized carbons (Fsp3) is 1.00. The predicted molar refractivity (Wildman–Crippen MR) is 48.4 cm³/mol. The lowest BCUT2D eigenvalue weighted by atomic mass is 9.99. The molecular weight excluding hydrogens is 160 g/mol. The number of hydrogen-bond acceptors (Lipinski definition) is 2. The minimum atomic E-state index is -2.88. The molecule has 0 atom stereocenters. The molecule has 0 heterocycles. The minimum absolute atomic E-state index is 0.465. The molecule has 0 rings (SSSR count). The van der Waals surface area contributed by atoms with Crippen LogP contribution in [0.3, 0.4) is 0 Å². The lowest BCUT2D eigenvalue weighted by molar-refractivity contribution is 0.472. The Bertz CT molecular complexity index is 192. The maximum absolute atomic E-state index is 11.3. The number of rotatable bonds is 4. The zero-order valence-electron chi connectivity index (χ0n) is 7.85. The first-order valence-corrected chi connectivity index (χ1v) is 6.02. The van der Waals surface area contributed by atoms with Crippen molar-refractivity contribution in [2.75, 3.05) is 6.26 Å². The minimum Gasteiger partial charge on any atom is -0.229 e. The molecule has 0 spiro atoms. The highest BCUT2D eigenvalue weighted by molar-refractivity contribution is 7.92. The largest absolute Gasteiger partial charge is 0.229 e. The van der Waals surface area contributed by atoms with Crippen LogP contribution in [-0.2, 0) is 9.84 Å². The summed E-state index contributed by atoms with van der Waals surface area (Å²) in [4.78, 5) is 0. The molecule has 11 heavy (non-hydrogen) atoms. The molecule has 0 saturated heterocycles. The van der Waals surface area contributed by atoms with Crippen LogP contribution >= 0.6 is 0 Å². The molecule has 0 aliphatic heterocycles. The maximum atomic E-state index is 11.3. The summed E-state index contributed by atoms with van der Waals surface area (Å²) in [6.07, 6.45) is 3.50. The van der Waals surface area contributed by atoms with Gasteiger partial charge in [-0.3, -0.25) is 0 Å². The summed E-state index contributed by atoms with van der Waals surface area (Å²) in [5.74, 6) is 0. The Morgan fingerprint density at radius 1 is 1.00 bits per heavy atom. The smallest absolute Gasteiger partial charge is 0.153 e. The van der Waals surface area contributed by atoms with E-state index in [0.717, 1.165) is 19.3 Å². The van der Waals surface area contributed by atoms with Crippen molar-refractivity contribution in [2.24, 2.45) is 0 Å². The molecular formula is C8H18O2S. The Balaban J connectivity index is 4.86. The summed E-state index contributed by atoms with van der Waals surface area (Å²) in [5, 5.41) is 0. The lowest BCUT2D eigenvalue weighted by Crippen LogP contribution is -2.35. The monoisotopic (exact) mass is 178 g/mol. The van der Waals surface area contributed by atoms with Crippen molar-refractivity contribution in [1.29, 1.82) is 0 Å². The van der Waals surface area contributed by atoms with Gasteiger partial charge in [0.25, 0.3) is 0 Å². The fourth-order valence-electron chi connectivity index (χ4n) is 1.54. The van der Waals surface area contributed by atoms with Crippen molar-refractivity contribution in [1.82, 2.24) is 0 Å². The van der Waals surface area contributed by atoms with Crippen LogP contribution in [0.4, 0.5) is 0 Å². The highest BCUT2D eigenvalue weighted by Crippen LogP contribution is 2.28. The van der Waals surface area contributed by atoms with Crippen molar-refractivity contribution in [2.45, 2.75) is 44.8 Å². The Kier molecular flexibility index (Phi) is 3.55. The summed E-state index contributed by atoms with van der Waals surface area (Å²) >= 11 is 0. The van der Waals surface area contributed by atoms with Crippen LogP contribution < -0.4 is 0 Å². The van der Waals surface area contributed by atoms with Gasteiger partial charge in [0, 0.05) is 6.26 Å². The van der Waals surface area contributed by atoms with Gasteiger partial charge in [-0.2, -0.15) is 0 Å². The van der Waals surface area contributed by atoms with E-state index in [1.807, 2.05) is 20.8 Å². The molecule has 0 fully saturated rings.